The molecule has 0 bridgehead atoms. The van der Waals surface area contributed by atoms with Crippen LogP contribution >= 0.6 is 0 Å². The van der Waals surface area contributed by atoms with Crippen LogP contribution in [0.4, 0.5) is 26.3 Å². The summed E-state index contributed by atoms with van der Waals surface area (Å²) in [4.78, 5) is 0. The van der Waals surface area contributed by atoms with Crippen molar-refractivity contribution >= 4 is 20.2 Å². The van der Waals surface area contributed by atoms with Gasteiger partial charge in [-0.2, -0.15) is 26.3 Å². The van der Waals surface area contributed by atoms with Gasteiger partial charge in [0.1, 0.15) is 11.5 Å². The topological polar surface area (TPSA) is 133 Å². The van der Waals surface area contributed by atoms with E-state index in [0.717, 1.165) is 22.6 Å². The Bertz CT molecular complexity index is 1790. The molecule has 0 aliphatic rings. The molecule has 0 heterocycles. The zero-order valence-corrected chi connectivity index (χ0v) is 31.4. The van der Waals surface area contributed by atoms with Gasteiger partial charge in [-0.05, 0) is 84.6 Å². The average Bonchev–Trinajstić information content (AvgIpc) is 3.05. The van der Waals surface area contributed by atoms with E-state index >= 15 is 0 Å². The highest BCUT2D eigenvalue weighted by Gasteiger charge is 2.37. The second-order valence-electron chi connectivity index (χ2n) is 8.48. The van der Waals surface area contributed by atoms with Crippen LogP contribution in [0.15, 0.2) is 109 Å². The van der Waals surface area contributed by atoms with Crippen molar-refractivity contribution < 1.29 is 104 Å². The molecule has 0 radical (unpaired) electrons. The van der Waals surface area contributed by atoms with Gasteiger partial charge >= 0.3 is 53.4 Å². The monoisotopic (exact) mass is 968 g/mol. The van der Waals surface area contributed by atoms with E-state index < -0.39 is 31.3 Å². The van der Waals surface area contributed by atoms with E-state index in [4.69, 9.17) is 35.4 Å². The minimum absolute atomic E-state index is 0.203. The largest absolute Gasteiger partial charge is 0.741 e. The highest BCUT2D eigenvalue weighted by molar-refractivity contribution is 7.86. The Labute approximate surface area is 306 Å². The van der Waals surface area contributed by atoms with Crippen LogP contribution in [0.3, 0.4) is 0 Å². The predicted molar refractivity (Wildman–Crippen MR) is 162 cm³/mol. The number of alkyl halides is 6. The molecule has 4 rings (SSSR count). The summed E-state index contributed by atoms with van der Waals surface area (Å²) in [6.07, 6.45) is 0. The lowest BCUT2D eigenvalue weighted by Crippen LogP contribution is -3.59. The van der Waals surface area contributed by atoms with E-state index in [1.807, 2.05) is 60.7 Å². The van der Waals surface area contributed by atoms with E-state index in [0.29, 0.717) is 0 Å². The average molecular weight is 968 g/mol. The number of hydrogen-bond donors (Lipinski definition) is 0. The lowest BCUT2D eigenvalue weighted by Gasteiger charge is -2.08. The lowest BCUT2D eigenvalue weighted by molar-refractivity contribution is -0.535. The minimum Gasteiger partial charge on any atom is -0.741 e. The third-order valence-electron chi connectivity index (χ3n) is 4.91. The van der Waals surface area contributed by atoms with Gasteiger partial charge in [0.15, 0.2) is 28.1 Å². The number of hydrogen-bond acceptors (Lipinski definition) is 8. The molecule has 4 aromatic rings. The molecule has 4 aromatic carbocycles. The van der Waals surface area contributed by atoms with Crippen LogP contribution in [0.25, 0.3) is 0 Å². The van der Waals surface area contributed by atoms with Crippen molar-refractivity contribution in [2.45, 2.75) is 11.0 Å². The summed E-state index contributed by atoms with van der Waals surface area (Å²) in [6, 6.07) is 36.5. The standard InChI is InChI=1S/2C15H12IO.2CHF3O3S/c2*1-17-15-9-7-13(8-10-15)11-12-16-14-5-3-2-4-6-14;2*2-1(3,4)8(5,6)7/h2*2-10H,1H3;2*(H,5,6,7)/q2*+1;;/p-2. The molecule has 0 saturated heterocycles. The normalized spacial score (nSPS) is 10.8. The molecule has 0 aromatic heterocycles. The number of halogens is 8. The second-order valence-corrected chi connectivity index (χ2v) is 15.9. The van der Waals surface area contributed by atoms with Crippen molar-refractivity contribution in [2.24, 2.45) is 0 Å². The van der Waals surface area contributed by atoms with E-state index in [1.54, 1.807) is 14.2 Å². The van der Waals surface area contributed by atoms with Crippen LogP contribution in [0.2, 0.25) is 0 Å². The minimum atomic E-state index is -6.09. The molecule has 0 unspecified atom stereocenters. The number of rotatable bonds is 4. The van der Waals surface area contributed by atoms with Gasteiger partial charge in [-0.15, -0.1) is 0 Å². The molecular formula is C32H24F6I2O8S2. The van der Waals surface area contributed by atoms with Crippen LogP contribution in [0, 0.1) is 26.8 Å². The Morgan fingerprint density at radius 3 is 1.00 bits per heavy atom. The maximum Gasteiger partial charge on any atom is 0.485 e. The quantitative estimate of drug-likeness (QED) is 0.0922. The Balaban J connectivity index is 0.000000356. The predicted octanol–water partition coefficient (Wildman–Crippen LogP) is 0.0288. The van der Waals surface area contributed by atoms with Gasteiger partial charge in [-0.3, -0.25) is 0 Å². The summed E-state index contributed by atoms with van der Waals surface area (Å²) >= 11 is -0.406. The summed E-state index contributed by atoms with van der Waals surface area (Å²) in [5.41, 5.74) is -9.21. The summed E-state index contributed by atoms with van der Waals surface area (Å²) in [7, 11) is -8.84. The number of methoxy groups -OCH3 is 2. The van der Waals surface area contributed by atoms with Gasteiger partial charge in [0.25, 0.3) is 0 Å². The van der Waals surface area contributed by atoms with Crippen molar-refractivity contribution in [1.29, 1.82) is 0 Å². The fraction of sp³-hybridized carbons (Fsp3) is 0.125. The summed E-state index contributed by atoms with van der Waals surface area (Å²) < 4.78 is 137. The van der Waals surface area contributed by atoms with Crippen molar-refractivity contribution in [1.82, 2.24) is 0 Å². The first-order chi connectivity index (χ1) is 23.3. The van der Waals surface area contributed by atoms with Gasteiger partial charge in [-0.25, -0.2) is 16.8 Å². The summed E-state index contributed by atoms with van der Waals surface area (Å²) in [5.74, 6) is 8.11. The Morgan fingerprint density at radius 1 is 0.520 bits per heavy atom. The van der Waals surface area contributed by atoms with Gasteiger partial charge in [-0.1, -0.05) is 36.4 Å². The van der Waals surface area contributed by atoms with E-state index in [-0.39, 0.29) is 42.4 Å². The smallest absolute Gasteiger partial charge is 0.485 e. The van der Waals surface area contributed by atoms with Crippen molar-refractivity contribution in [3.8, 4) is 31.2 Å². The molecule has 0 atom stereocenters. The highest BCUT2D eigenvalue weighted by atomic mass is 127. The second kappa shape index (κ2) is 21.6. The molecule has 0 aliphatic carbocycles. The zero-order valence-electron chi connectivity index (χ0n) is 25.5. The zero-order chi connectivity index (χ0) is 37.8. The van der Waals surface area contributed by atoms with Gasteiger partial charge in [0, 0.05) is 11.1 Å². The lowest BCUT2D eigenvalue weighted by atomic mass is 10.2. The molecule has 268 valence electrons. The Kier molecular flexibility index (Phi) is 19.2. The van der Waals surface area contributed by atoms with Gasteiger partial charge in [0.2, 0.25) is 7.14 Å². The molecule has 50 heavy (non-hydrogen) atoms. The van der Waals surface area contributed by atoms with Gasteiger partial charge < -0.3 is 18.6 Å². The maximum atomic E-state index is 10.7. The number of benzene rings is 4. The van der Waals surface area contributed by atoms with Crippen LogP contribution in [-0.4, -0.2) is 51.2 Å². The Hall–Kier alpha value is -3.54. The first-order valence-electron chi connectivity index (χ1n) is 13.0. The third-order valence-corrected chi connectivity index (χ3v) is 9.81. The summed E-state index contributed by atoms with van der Waals surface area (Å²) in [6.45, 7) is 0. The van der Waals surface area contributed by atoms with E-state index in [9.17, 15) is 26.3 Å². The van der Waals surface area contributed by atoms with E-state index in [2.05, 4.69) is 68.2 Å². The number of ether oxygens (including phenoxy) is 2. The molecule has 18 heteroatoms. The maximum absolute atomic E-state index is 10.7. The van der Waals surface area contributed by atoms with Crippen LogP contribution in [-0.2, 0) is 20.2 Å². The highest BCUT2D eigenvalue weighted by Crippen LogP contribution is 2.21. The van der Waals surface area contributed by atoms with E-state index in [1.165, 1.54) is 7.14 Å². The van der Waals surface area contributed by atoms with Crippen molar-refractivity contribution in [3.05, 3.63) is 127 Å². The fourth-order valence-electron chi connectivity index (χ4n) is 2.57. The Morgan fingerprint density at radius 2 is 0.780 bits per heavy atom. The first kappa shape index (κ1) is 44.5. The van der Waals surface area contributed by atoms with Crippen LogP contribution < -0.4 is 51.9 Å². The fourth-order valence-corrected chi connectivity index (χ4v) is 5.63. The SMILES string of the molecule is COc1ccc(C#C[I+]c2ccccc2)cc1.COc1ccc(C#C[I+]c2ccccc2)cc1.O=S(=O)([O-])C(F)(F)F.O=S(=O)([O-])C(F)(F)F. The summed E-state index contributed by atoms with van der Waals surface area (Å²) in [5, 5.41) is 0. The molecule has 0 spiro atoms. The third kappa shape index (κ3) is 19.0. The van der Waals surface area contributed by atoms with Crippen molar-refractivity contribution in [3.63, 3.8) is 0 Å². The molecule has 8 nitrogen and oxygen atoms in total. The first-order valence-corrected chi connectivity index (χ1v) is 20.1. The molecule has 0 amide bonds. The van der Waals surface area contributed by atoms with Crippen molar-refractivity contribution in [2.75, 3.05) is 14.2 Å². The van der Waals surface area contributed by atoms with Crippen LogP contribution in [0.5, 0.6) is 11.5 Å². The molecule has 0 saturated carbocycles. The molecule has 0 N–H and O–H groups in total. The van der Waals surface area contributed by atoms with Gasteiger partial charge in [0.05, 0.1) is 14.2 Å². The van der Waals surface area contributed by atoms with Crippen LogP contribution in [0.1, 0.15) is 11.1 Å². The molecular weight excluding hydrogens is 944 g/mol. The molecule has 0 aliphatic heterocycles. The molecule has 0 fully saturated rings.